The summed E-state index contributed by atoms with van der Waals surface area (Å²) in [5.74, 6) is 0.196. The Bertz CT molecular complexity index is 837. The molecule has 6 nitrogen and oxygen atoms in total. The third kappa shape index (κ3) is 5.44. The summed E-state index contributed by atoms with van der Waals surface area (Å²) in [7, 11) is 1.25. The number of carbonyl (C=O) groups is 1. The van der Waals surface area contributed by atoms with E-state index >= 15 is 0 Å². The summed E-state index contributed by atoms with van der Waals surface area (Å²) in [5, 5.41) is 4.05. The third-order valence-corrected chi connectivity index (χ3v) is 4.00. The molecule has 0 bridgehead atoms. The predicted octanol–water partition coefficient (Wildman–Crippen LogP) is 4.29. The van der Waals surface area contributed by atoms with Gasteiger partial charge < -0.3 is 14.4 Å². The monoisotopic (exact) mass is 374 g/mol. The van der Waals surface area contributed by atoms with E-state index in [1.165, 1.54) is 7.11 Å². The van der Waals surface area contributed by atoms with Gasteiger partial charge in [0.25, 0.3) is 0 Å². The number of nitrogens with zero attached hydrogens (tertiary/aromatic N) is 1. The zero-order chi connectivity index (χ0) is 19.8. The standard InChI is InChI=1S/C20H23FN2O4/c1-5-15-7-6-8-17(19(15)21)12-26-22-14(3)16-10-9-13(2)18(11-16)27-23-20(24)25-4/h6-11H,5,12H2,1-4H3,(H,23,24)/b22-14+. The largest absolute Gasteiger partial charge is 0.451 e. The maximum absolute atomic E-state index is 14.2. The molecule has 0 aromatic heterocycles. The smallest absolute Gasteiger partial charge is 0.440 e. The van der Waals surface area contributed by atoms with E-state index in [9.17, 15) is 9.18 Å². The van der Waals surface area contributed by atoms with Crippen molar-refractivity contribution >= 4 is 11.8 Å². The number of benzene rings is 2. The highest BCUT2D eigenvalue weighted by Gasteiger charge is 2.09. The number of ether oxygens (including phenoxy) is 1. The second kappa shape index (κ2) is 9.56. The fourth-order valence-electron chi connectivity index (χ4n) is 2.34. The van der Waals surface area contributed by atoms with Crippen molar-refractivity contribution in [3.8, 4) is 5.75 Å². The molecule has 7 heteroatoms. The summed E-state index contributed by atoms with van der Waals surface area (Å²) in [6, 6.07) is 10.6. The number of halogens is 1. The first-order chi connectivity index (χ1) is 13.0. The molecule has 0 saturated carbocycles. The van der Waals surface area contributed by atoms with Crippen LogP contribution in [0.3, 0.4) is 0 Å². The van der Waals surface area contributed by atoms with Crippen LogP contribution in [0.2, 0.25) is 0 Å². The summed E-state index contributed by atoms with van der Waals surface area (Å²) in [6.45, 7) is 5.54. The Kier molecular flexibility index (Phi) is 7.16. The van der Waals surface area contributed by atoms with Crippen LogP contribution < -0.4 is 10.3 Å². The number of amides is 1. The second-order valence-electron chi connectivity index (χ2n) is 5.87. The van der Waals surface area contributed by atoms with Crippen molar-refractivity contribution < 1.29 is 23.6 Å². The number of hydrogen-bond acceptors (Lipinski definition) is 5. The van der Waals surface area contributed by atoms with Gasteiger partial charge in [0.05, 0.1) is 12.8 Å². The first kappa shape index (κ1) is 20.2. The Morgan fingerprint density at radius 1 is 1.22 bits per heavy atom. The minimum atomic E-state index is -0.704. The lowest BCUT2D eigenvalue weighted by Gasteiger charge is -2.10. The number of oxime groups is 1. The molecular weight excluding hydrogens is 351 g/mol. The van der Waals surface area contributed by atoms with Crippen molar-refractivity contribution in [3.05, 3.63) is 64.5 Å². The molecule has 27 heavy (non-hydrogen) atoms. The number of hydrogen-bond donors (Lipinski definition) is 1. The summed E-state index contributed by atoms with van der Waals surface area (Å²) in [5.41, 5.74) is 5.42. The van der Waals surface area contributed by atoms with E-state index in [2.05, 4.69) is 15.4 Å². The molecule has 2 aromatic rings. The maximum atomic E-state index is 14.2. The van der Waals surface area contributed by atoms with Gasteiger partial charge in [-0.05, 0) is 37.5 Å². The van der Waals surface area contributed by atoms with Crippen LogP contribution in [0.5, 0.6) is 5.75 Å². The number of carbonyl (C=O) groups excluding carboxylic acids is 1. The Morgan fingerprint density at radius 2 is 1.96 bits per heavy atom. The van der Waals surface area contributed by atoms with Crippen LogP contribution >= 0.6 is 0 Å². The zero-order valence-corrected chi connectivity index (χ0v) is 15.8. The first-order valence-corrected chi connectivity index (χ1v) is 8.50. The molecule has 0 saturated heterocycles. The Balaban J connectivity index is 2.06. The van der Waals surface area contributed by atoms with E-state index in [0.29, 0.717) is 29.0 Å². The van der Waals surface area contributed by atoms with Gasteiger partial charge in [0.1, 0.15) is 12.4 Å². The van der Waals surface area contributed by atoms with E-state index in [4.69, 9.17) is 9.68 Å². The molecule has 0 atom stereocenters. The van der Waals surface area contributed by atoms with Gasteiger partial charge in [-0.25, -0.2) is 9.18 Å². The van der Waals surface area contributed by atoms with Crippen molar-refractivity contribution in [1.29, 1.82) is 0 Å². The van der Waals surface area contributed by atoms with Crippen LogP contribution in [0, 0.1) is 12.7 Å². The summed E-state index contributed by atoms with van der Waals surface area (Å²) >= 11 is 0. The first-order valence-electron chi connectivity index (χ1n) is 8.50. The van der Waals surface area contributed by atoms with Crippen LogP contribution in [-0.2, 0) is 22.6 Å². The lowest BCUT2D eigenvalue weighted by molar-refractivity contribution is 0.118. The maximum Gasteiger partial charge on any atom is 0.440 e. The predicted molar refractivity (Wildman–Crippen MR) is 100 cm³/mol. The molecular formula is C20H23FN2O4. The normalized spacial score (nSPS) is 11.1. The van der Waals surface area contributed by atoms with Crippen molar-refractivity contribution in [2.75, 3.05) is 7.11 Å². The quantitative estimate of drug-likeness (QED) is 0.580. The van der Waals surface area contributed by atoms with Crippen LogP contribution in [0.4, 0.5) is 9.18 Å². The Morgan fingerprint density at radius 3 is 2.67 bits per heavy atom. The number of hydroxylamine groups is 1. The van der Waals surface area contributed by atoms with E-state index in [1.807, 2.05) is 26.0 Å². The summed E-state index contributed by atoms with van der Waals surface area (Å²) < 4.78 is 18.7. The minimum Gasteiger partial charge on any atom is -0.451 e. The Labute approximate surface area is 157 Å². The van der Waals surface area contributed by atoms with E-state index < -0.39 is 6.09 Å². The fourth-order valence-corrected chi connectivity index (χ4v) is 2.34. The van der Waals surface area contributed by atoms with Crippen molar-refractivity contribution in [1.82, 2.24) is 5.48 Å². The number of rotatable bonds is 7. The van der Waals surface area contributed by atoms with Crippen LogP contribution in [0.25, 0.3) is 0 Å². The molecule has 144 valence electrons. The Hall–Kier alpha value is -3.09. The van der Waals surface area contributed by atoms with Crippen molar-refractivity contribution in [2.45, 2.75) is 33.8 Å². The SMILES string of the molecule is CCc1cccc(CO/N=C(\C)c2ccc(C)c(ONC(=O)OC)c2)c1F. The van der Waals surface area contributed by atoms with Gasteiger partial charge >= 0.3 is 6.09 Å². The van der Waals surface area contributed by atoms with Gasteiger partial charge in [-0.3, -0.25) is 0 Å². The molecule has 0 aliphatic rings. The fraction of sp³-hybridized carbons (Fsp3) is 0.300. The zero-order valence-electron chi connectivity index (χ0n) is 15.8. The van der Waals surface area contributed by atoms with Crippen LogP contribution in [-0.4, -0.2) is 18.9 Å². The van der Waals surface area contributed by atoms with Gasteiger partial charge in [-0.1, -0.05) is 42.4 Å². The van der Waals surface area contributed by atoms with Crippen LogP contribution in [0.15, 0.2) is 41.6 Å². The lowest BCUT2D eigenvalue weighted by atomic mass is 10.1. The molecule has 0 aliphatic carbocycles. The molecule has 0 unspecified atom stereocenters. The molecule has 2 rings (SSSR count). The molecule has 1 N–H and O–H groups in total. The van der Waals surface area contributed by atoms with E-state index in [-0.39, 0.29) is 12.4 Å². The minimum absolute atomic E-state index is 0.0378. The van der Waals surface area contributed by atoms with Gasteiger partial charge in [0, 0.05) is 11.1 Å². The molecule has 0 radical (unpaired) electrons. The lowest BCUT2D eigenvalue weighted by Crippen LogP contribution is -2.27. The topological polar surface area (TPSA) is 69.2 Å². The summed E-state index contributed by atoms with van der Waals surface area (Å²) in [6.07, 6.45) is -0.0851. The van der Waals surface area contributed by atoms with Gasteiger partial charge in [0.15, 0.2) is 5.75 Å². The summed E-state index contributed by atoms with van der Waals surface area (Å²) in [4.78, 5) is 21.7. The second-order valence-corrected chi connectivity index (χ2v) is 5.87. The molecule has 0 heterocycles. The van der Waals surface area contributed by atoms with E-state index in [0.717, 1.165) is 11.1 Å². The number of aryl methyl sites for hydroxylation is 2. The van der Waals surface area contributed by atoms with E-state index in [1.54, 1.807) is 31.2 Å². The number of methoxy groups -OCH3 is 1. The van der Waals surface area contributed by atoms with Gasteiger partial charge in [-0.15, -0.1) is 0 Å². The van der Waals surface area contributed by atoms with Crippen LogP contribution in [0.1, 0.15) is 36.1 Å². The molecule has 0 fully saturated rings. The van der Waals surface area contributed by atoms with Crippen molar-refractivity contribution in [2.24, 2.45) is 5.16 Å². The average molecular weight is 374 g/mol. The highest BCUT2D eigenvalue weighted by molar-refractivity contribution is 5.98. The van der Waals surface area contributed by atoms with Gasteiger partial charge in [0.2, 0.25) is 0 Å². The number of nitrogens with one attached hydrogen (secondary N) is 1. The molecule has 2 aromatic carbocycles. The van der Waals surface area contributed by atoms with Crippen molar-refractivity contribution in [3.63, 3.8) is 0 Å². The third-order valence-electron chi connectivity index (χ3n) is 4.00. The molecule has 0 spiro atoms. The molecule has 0 aliphatic heterocycles. The van der Waals surface area contributed by atoms with Gasteiger partial charge in [-0.2, -0.15) is 5.48 Å². The highest BCUT2D eigenvalue weighted by Crippen LogP contribution is 2.20. The average Bonchev–Trinajstić information content (AvgIpc) is 2.68. The molecule has 1 amide bonds. The highest BCUT2D eigenvalue weighted by atomic mass is 19.1.